The van der Waals surface area contributed by atoms with Gasteiger partial charge in [-0.15, -0.1) is 0 Å². The fraction of sp³-hybridized carbons (Fsp3) is 0.308. The summed E-state index contributed by atoms with van der Waals surface area (Å²) in [4.78, 5) is 0. The second kappa shape index (κ2) is 6.00. The highest BCUT2D eigenvalue weighted by atomic mass is 79.9. The smallest absolute Gasteiger partial charge is 0.139 e. The van der Waals surface area contributed by atoms with Gasteiger partial charge in [-0.1, -0.05) is 6.92 Å². The highest BCUT2D eigenvalue weighted by Gasteiger charge is 2.03. The van der Waals surface area contributed by atoms with Crippen molar-refractivity contribution in [2.75, 3.05) is 5.32 Å². The average Bonchev–Trinajstić information content (AvgIpc) is 2.79. The van der Waals surface area contributed by atoms with E-state index in [2.05, 4.69) is 33.3 Å². The average molecular weight is 312 g/mol. The van der Waals surface area contributed by atoms with Crippen molar-refractivity contribution in [3.63, 3.8) is 0 Å². The minimum Gasteiger partial charge on any atom is -0.379 e. The quantitative estimate of drug-likeness (QED) is 0.910. The van der Waals surface area contributed by atoms with E-state index in [0.717, 1.165) is 24.3 Å². The van der Waals surface area contributed by atoms with E-state index >= 15 is 0 Å². The molecule has 0 amide bonds. The van der Waals surface area contributed by atoms with Crippen LogP contribution in [-0.2, 0) is 13.1 Å². The molecule has 5 heteroatoms. The van der Waals surface area contributed by atoms with Gasteiger partial charge >= 0.3 is 0 Å². The normalized spacial score (nSPS) is 10.6. The molecule has 0 aliphatic carbocycles. The first-order valence-electron chi connectivity index (χ1n) is 5.90. The summed E-state index contributed by atoms with van der Waals surface area (Å²) >= 11 is 3.13. The van der Waals surface area contributed by atoms with Crippen LogP contribution in [0.5, 0.6) is 0 Å². The Labute approximate surface area is 114 Å². The Balaban J connectivity index is 2.02. The second-order valence-corrected chi connectivity index (χ2v) is 4.88. The van der Waals surface area contributed by atoms with Gasteiger partial charge in [-0.25, -0.2) is 4.39 Å². The molecule has 1 aromatic heterocycles. The number of halogens is 2. The highest BCUT2D eigenvalue weighted by Crippen LogP contribution is 2.19. The molecule has 0 fully saturated rings. The van der Waals surface area contributed by atoms with Crippen molar-refractivity contribution in [1.82, 2.24) is 9.78 Å². The molecule has 96 valence electrons. The molecule has 0 saturated heterocycles. The van der Waals surface area contributed by atoms with E-state index in [1.807, 2.05) is 16.8 Å². The van der Waals surface area contributed by atoms with Gasteiger partial charge in [0.25, 0.3) is 0 Å². The van der Waals surface area contributed by atoms with Gasteiger partial charge in [-0.3, -0.25) is 4.68 Å². The molecule has 18 heavy (non-hydrogen) atoms. The van der Waals surface area contributed by atoms with Crippen LogP contribution in [0.3, 0.4) is 0 Å². The van der Waals surface area contributed by atoms with Crippen LogP contribution < -0.4 is 5.32 Å². The van der Waals surface area contributed by atoms with Crippen LogP contribution in [0.4, 0.5) is 10.1 Å². The molecule has 1 heterocycles. The fourth-order valence-corrected chi connectivity index (χ4v) is 1.97. The predicted molar refractivity (Wildman–Crippen MR) is 73.9 cm³/mol. The van der Waals surface area contributed by atoms with Gasteiger partial charge in [0.15, 0.2) is 0 Å². The standard InChI is InChI=1S/C13H15BrFN3/c1-2-7-18-11(5-6-17-18)9-16-10-3-4-12(14)13(15)8-10/h3-6,8,16H,2,7,9H2,1H3. The van der Waals surface area contributed by atoms with Crippen LogP contribution in [0.25, 0.3) is 0 Å². The minimum absolute atomic E-state index is 0.262. The summed E-state index contributed by atoms with van der Waals surface area (Å²) in [5.74, 6) is -0.262. The Hall–Kier alpha value is -1.36. The molecule has 0 aliphatic rings. The molecule has 0 spiro atoms. The van der Waals surface area contributed by atoms with Gasteiger partial charge in [-0.2, -0.15) is 5.10 Å². The maximum atomic E-state index is 13.3. The third-order valence-electron chi connectivity index (χ3n) is 2.63. The molecule has 2 rings (SSSR count). The van der Waals surface area contributed by atoms with E-state index in [4.69, 9.17) is 0 Å². The van der Waals surface area contributed by atoms with Gasteiger partial charge in [0.2, 0.25) is 0 Å². The van der Waals surface area contributed by atoms with Crippen molar-refractivity contribution < 1.29 is 4.39 Å². The van der Waals surface area contributed by atoms with E-state index in [1.165, 1.54) is 6.07 Å². The zero-order chi connectivity index (χ0) is 13.0. The zero-order valence-corrected chi connectivity index (χ0v) is 11.7. The zero-order valence-electron chi connectivity index (χ0n) is 10.2. The Morgan fingerprint density at radius 3 is 2.94 bits per heavy atom. The molecule has 0 bridgehead atoms. The van der Waals surface area contributed by atoms with Crippen molar-refractivity contribution in [3.05, 3.63) is 46.4 Å². The summed E-state index contributed by atoms with van der Waals surface area (Å²) in [5, 5.41) is 7.44. The topological polar surface area (TPSA) is 29.9 Å². The van der Waals surface area contributed by atoms with Crippen LogP contribution in [0.2, 0.25) is 0 Å². The lowest BCUT2D eigenvalue weighted by atomic mass is 10.3. The van der Waals surface area contributed by atoms with Gasteiger partial charge < -0.3 is 5.32 Å². The predicted octanol–water partition coefficient (Wildman–Crippen LogP) is 3.81. The number of nitrogens with one attached hydrogen (secondary N) is 1. The lowest BCUT2D eigenvalue weighted by Gasteiger charge is -2.09. The Kier molecular flexibility index (Phi) is 4.36. The number of hydrogen-bond acceptors (Lipinski definition) is 2. The second-order valence-electron chi connectivity index (χ2n) is 4.03. The lowest BCUT2D eigenvalue weighted by Crippen LogP contribution is -2.09. The summed E-state index contributed by atoms with van der Waals surface area (Å²) in [7, 11) is 0. The summed E-state index contributed by atoms with van der Waals surface area (Å²) in [6.07, 6.45) is 2.83. The first-order valence-corrected chi connectivity index (χ1v) is 6.69. The van der Waals surface area contributed by atoms with Gasteiger partial charge in [0.1, 0.15) is 5.82 Å². The van der Waals surface area contributed by atoms with Crippen LogP contribution in [0, 0.1) is 5.82 Å². The number of aryl methyl sites for hydroxylation is 1. The lowest BCUT2D eigenvalue weighted by molar-refractivity contribution is 0.578. The van der Waals surface area contributed by atoms with Crippen molar-refractivity contribution >= 4 is 21.6 Å². The largest absolute Gasteiger partial charge is 0.379 e. The van der Waals surface area contributed by atoms with Crippen LogP contribution in [0.1, 0.15) is 19.0 Å². The monoisotopic (exact) mass is 311 g/mol. The molecule has 0 saturated carbocycles. The SMILES string of the molecule is CCCn1nccc1CNc1ccc(Br)c(F)c1. The van der Waals surface area contributed by atoms with Crippen molar-refractivity contribution in [1.29, 1.82) is 0 Å². The molecule has 0 unspecified atom stereocenters. The molecular formula is C13H15BrFN3. The molecule has 0 aliphatic heterocycles. The van der Waals surface area contributed by atoms with E-state index in [-0.39, 0.29) is 5.82 Å². The number of hydrogen-bond donors (Lipinski definition) is 1. The molecule has 2 aromatic rings. The van der Waals surface area contributed by atoms with Crippen LogP contribution >= 0.6 is 15.9 Å². The van der Waals surface area contributed by atoms with Crippen LogP contribution in [-0.4, -0.2) is 9.78 Å². The van der Waals surface area contributed by atoms with Crippen molar-refractivity contribution in [2.45, 2.75) is 26.4 Å². The number of anilines is 1. The number of aromatic nitrogens is 2. The summed E-state index contributed by atoms with van der Waals surface area (Å²) in [5.41, 5.74) is 1.86. The number of rotatable bonds is 5. The van der Waals surface area contributed by atoms with E-state index in [0.29, 0.717) is 11.0 Å². The molecular weight excluding hydrogens is 297 g/mol. The highest BCUT2D eigenvalue weighted by molar-refractivity contribution is 9.10. The Bertz CT molecular complexity index is 525. The van der Waals surface area contributed by atoms with Crippen molar-refractivity contribution in [2.24, 2.45) is 0 Å². The molecule has 3 nitrogen and oxygen atoms in total. The van der Waals surface area contributed by atoms with E-state index < -0.39 is 0 Å². The molecule has 0 radical (unpaired) electrons. The third kappa shape index (κ3) is 3.10. The molecule has 0 atom stereocenters. The maximum Gasteiger partial charge on any atom is 0.139 e. The first kappa shape index (κ1) is 13.1. The van der Waals surface area contributed by atoms with Gasteiger partial charge in [-0.05, 0) is 46.6 Å². The Morgan fingerprint density at radius 1 is 1.39 bits per heavy atom. The molecule has 1 aromatic carbocycles. The number of benzene rings is 1. The summed E-state index contributed by atoms with van der Waals surface area (Å²) < 4.78 is 15.8. The van der Waals surface area contributed by atoms with Gasteiger partial charge in [0.05, 0.1) is 16.7 Å². The van der Waals surface area contributed by atoms with E-state index in [1.54, 1.807) is 12.3 Å². The molecule has 1 N–H and O–H groups in total. The third-order valence-corrected chi connectivity index (χ3v) is 3.28. The fourth-order valence-electron chi connectivity index (χ4n) is 1.72. The minimum atomic E-state index is -0.262. The maximum absolute atomic E-state index is 13.3. The Morgan fingerprint density at radius 2 is 2.22 bits per heavy atom. The summed E-state index contributed by atoms with van der Waals surface area (Å²) in [6, 6.07) is 6.98. The number of nitrogens with zero attached hydrogens (tertiary/aromatic N) is 2. The van der Waals surface area contributed by atoms with Crippen molar-refractivity contribution in [3.8, 4) is 0 Å². The van der Waals surface area contributed by atoms with Crippen LogP contribution in [0.15, 0.2) is 34.9 Å². The van der Waals surface area contributed by atoms with Gasteiger partial charge in [0, 0.05) is 18.4 Å². The summed E-state index contributed by atoms with van der Waals surface area (Å²) in [6.45, 7) is 3.66. The van der Waals surface area contributed by atoms with E-state index in [9.17, 15) is 4.39 Å². The first-order chi connectivity index (χ1) is 8.70.